The van der Waals surface area contributed by atoms with Crippen molar-refractivity contribution < 1.29 is 14.1 Å². The molecule has 1 amide bonds. The van der Waals surface area contributed by atoms with Crippen molar-refractivity contribution in [2.24, 2.45) is 11.8 Å². The van der Waals surface area contributed by atoms with Gasteiger partial charge in [-0.1, -0.05) is 19.0 Å². The molecule has 3 heterocycles. The van der Waals surface area contributed by atoms with Crippen LogP contribution in [0.1, 0.15) is 60.5 Å². The van der Waals surface area contributed by atoms with Crippen molar-refractivity contribution in [1.82, 2.24) is 15.0 Å². The summed E-state index contributed by atoms with van der Waals surface area (Å²) in [5.74, 6) is 1.99. The van der Waals surface area contributed by atoms with Gasteiger partial charge in [-0.3, -0.25) is 9.59 Å². The minimum Gasteiger partial charge on any atom is -0.366 e. The summed E-state index contributed by atoms with van der Waals surface area (Å²) in [5, 5.41) is 7.18. The van der Waals surface area contributed by atoms with Crippen molar-refractivity contribution in [2.45, 2.75) is 53.5 Å². The molecule has 1 fully saturated rings. The van der Waals surface area contributed by atoms with Crippen LogP contribution < -0.4 is 5.32 Å². The molecule has 156 valence electrons. The lowest BCUT2D eigenvalue weighted by Gasteiger charge is -2.32. The normalized spacial score (nSPS) is 16.9. The number of pyridine rings is 1. The van der Waals surface area contributed by atoms with Crippen LogP contribution in [-0.2, 0) is 11.3 Å². The number of aryl methyl sites for hydroxylation is 2. The van der Waals surface area contributed by atoms with Gasteiger partial charge < -0.3 is 14.7 Å². The second kappa shape index (κ2) is 9.20. The number of ketones is 1. The number of anilines is 1. The highest BCUT2D eigenvalue weighted by atomic mass is 16.5. The second-order valence-corrected chi connectivity index (χ2v) is 8.24. The third-order valence-electron chi connectivity index (χ3n) is 5.41. The quantitative estimate of drug-likeness (QED) is 0.764. The minimum absolute atomic E-state index is 0.0425. The van der Waals surface area contributed by atoms with Gasteiger partial charge in [0.25, 0.3) is 5.91 Å². The molecule has 29 heavy (non-hydrogen) atoms. The Morgan fingerprint density at radius 3 is 2.72 bits per heavy atom. The molecule has 1 saturated heterocycles. The van der Waals surface area contributed by atoms with Crippen LogP contribution in [0, 0.1) is 25.7 Å². The number of rotatable bonds is 7. The number of nitrogens with zero attached hydrogens (tertiary/aromatic N) is 3. The number of nitrogens with one attached hydrogen (secondary N) is 1. The van der Waals surface area contributed by atoms with E-state index in [2.05, 4.69) is 29.3 Å². The maximum Gasteiger partial charge on any atom is 0.255 e. The molecule has 7 heteroatoms. The SMILES string of the molecule is Cc1noc(C)c1CNc1ccc(C(=O)N2CCC[C@H](C(=O)CC(C)C)C2)cn1. The van der Waals surface area contributed by atoms with E-state index in [-0.39, 0.29) is 17.6 Å². The first-order chi connectivity index (χ1) is 13.8. The van der Waals surface area contributed by atoms with Gasteiger partial charge in [-0.25, -0.2) is 4.98 Å². The lowest BCUT2D eigenvalue weighted by atomic mass is 9.89. The lowest BCUT2D eigenvalue weighted by Crippen LogP contribution is -2.42. The zero-order valence-electron chi connectivity index (χ0n) is 17.7. The van der Waals surface area contributed by atoms with E-state index in [0.717, 1.165) is 29.9 Å². The number of carbonyl (C=O) groups is 2. The van der Waals surface area contributed by atoms with Gasteiger partial charge in [-0.2, -0.15) is 0 Å². The lowest BCUT2D eigenvalue weighted by molar-refractivity contribution is -0.124. The van der Waals surface area contributed by atoms with Gasteiger partial charge in [0.15, 0.2) is 0 Å². The Hall–Kier alpha value is -2.70. The van der Waals surface area contributed by atoms with Crippen molar-refractivity contribution in [3.63, 3.8) is 0 Å². The number of aromatic nitrogens is 2. The Morgan fingerprint density at radius 1 is 1.31 bits per heavy atom. The van der Waals surface area contributed by atoms with Crippen LogP contribution in [0.3, 0.4) is 0 Å². The Bertz CT molecular complexity index is 838. The van der Waals surface area contributed by atoms with Crippen LogP contribution in [0.4, 0.5) is 5.82 Å². The molecule has 0 bridgehead atoms. The van der Waals surface area contributed by atoms with Gasteiger partial charge >= 0.3 is 0 Å². The van der Waals surface area contributed by atoms with E-state index in [0.29, 0.717) is 43.4 Å². The first kappa shape index (κ1) is 21.0. The molecule has 0 aromatic carbocycles. The van der Waals surface area contributed by atoms with Gasteiger partial charge in [-0.15, -0.1) is 0 Å². The molecule has 0 unspecified atom stereocenters. The van der Waals surface area contributed by atoms with Gasteiger partial charge in [0.05, 0.1) is 11.3 Å². The Balaban J connectivity index is 1.59. The number of hydrogen-bond acceptors (Lipinski definition) is 6. The average Bonchev–Trinajstić information content (AvgIpc) is 3.03. The van der Waals surface area contributed by atoms with Crippen LogP contribution in [0.25, 0.3) is 0 Å². The molecule has 1 aliphatic heterocycles. The summed E-state index contributed by atoms with van der Waals surface area (Å²) in [7, 11) is 0. The van der Waals surface area contributed by atoms with Crippen molar-refractivity contribution in [1.29, 1.82) is 0 Å². The molecule has 1 N–H and O–H groups in total. The van der Waals surface area contributed by atoms with Gasteiger partial charge in [0.1, 0.15) is 17.4 Å². The highest BCUT2D eigenvalue weighted by molar-refractivity contribution is 5.94. The van der Waals surface area contributed by atoms with Crippen LogP contribution in [-0.4, -0.2) is 39.8 Å². The third kappa shape index (κ3) is 5.22. The first-order valence-electron chi connectivity index (χ1n) is 10.3. The second-order valence-electron chi connectivity index (χ2n) is 8.24. The highest BCUT2D eigenvalue weighted by Gasteiger charge is 2.29. The number of carbonyl (C=O) groups excluding carboxylic acids is 2. The van der Waals surface area contributed by atoms with E-state index in [4.69, 9.17) is 4.52 Å². The number of Topliss-reactive ketones (excluding diaryl/α,β-unsaturated/α-hetero) is 1. The third-order valence-corrected chi connectivity index (χ3v) is 5.41. The fraction of sp³-hybridized carbons (Fsp3) is 0.545. The number of likely N-dealkylation sites (tertiary alicyclic amines) is 1. The van der Waals surface area contributed by atoms with E-state index in [1.54, 1.807) is 23.2 Å². The summed E-state index contributed by atoms with van der Waals surface area (Å²) in [4.78, 5) is 31.4. The maximum atomic E-state index is 12.9. The molecule has 0 aliphatic carbocycles. The Kier molecular flexibility index (Phi) is 6.67. The summed E-state index contributed by atoms with van der Waals surface area (Å²) in [6.45, 7) is 9.65. The molecule has 2 aromatic heterocycles. The summed E-state index contributed by atoms with van der Waals surface area (Å²) in [6.07, 6.45) is 3.92. The molecule has 7 nitrogen and oxygen atoms in total. The van der Waals surface area contributed by atoms with Crippen molar-refractivity contribution >= 4 is 17.5 Å². The summed E-state index contributed by atoms with van der Waals surface area (Å²) < 4.78 is 5.16. The van der Waals surface area contributed by atoms with Crippen molar-refractivity contribution in [2.75, 3.05) is 18.4 Å². The van der Waals surface area contributed by atoms with Crippen molar-refractivity contribution in [3.8, 4) is 0 Å². The monoisotopic (exact) mass is 398 g/mol. The van der Waals surface area contributed by atoms with E-state index in [9.17, 15) is 9.59 Å². The van der Waals surface area contributed by atoms with E-state index in [1.165, 1.54) is 0 Å². The van der Waals surface area contributed by atoms with Crippen LogP contribution in [0.15, 0.2) is 22.9 Å². The number of hydrogen-bond donors (Lipinski definition) is 1. The zero-order chi connectivity index (χ0) is 21.0. The van der Waals surface area contributed by atoms with Crippen LogP contribution >= 0.6 is 0 Å². The van der Waals surface area contributed by atoms with Gasteiger partial charge in [0, 0.05) is 43.7 Å². The molecule has 2 aromatic rings. The predicted octanol–water partition coefficient (Wildman–Crippen LogP) is 3.77. The van der Waals surface area contributed by atoms with E-state index >= 15 is 0 Å². The minimum atomic E-state index is -0.0585. The predicted molar refractivity (Wildman–Crippen MR) is 111 cm³/mol. The zero-order valence-corrected chi connectivity index (χ0v) is 17.7. The molecule has 1 atom stereocenters. The highest BCUT2D eigenvalue weighted by Crippen LogP contribution is 2.22. The molecule has 0 radical (unpaired) electrons. The molecule has 3 rings (SSSR count). The fourth-order valence-electron chi connectivity index (χ4n) is 3.73. The average molecular weight is 399 g/mol. The van der Waals surface area contributed by atoms with Gasteiger partial charge in [-0.05, 0) is 44.7 Å². The fourth-order valence-corrected chi connectivity index (χ4v) is 3.73. The van der Waals surface area contributed by atoms with Crippen LogP contribution in [0.5, 0.6) is 0 Å². The smallest absolute Gasteiger partial charge is 0.255 e. The number of piperidine rings is 1. The standard InChI is InChI=1S/C22H30N4O3/c1-14(2)10-20(27)18-6-5-9-26(13-18)22(28)17-7-8-21(23-11-17)24-12-19-15(3)25-29-16(19)4/h7-8,11,14,18H,5-6,9-10,12-13H2,1-4H3,(H,23,24)/t18-/m0/s1. The summed E-state index contributed by atoms with van der Waals surface area (Å²) >= 11 is 0. The van der Waals surface area contributed by atoms with E-state index in [1.807, 2.05) is 13.8 Å². The first-order valence-corrected chi connectivity index (χ1v) is 10.3. The number of amides is 1. The topological polar surface area (TPSA) is 88.3 Å². The molecular formula is C22H30N4O3. The largest absolute Gasteiger partial charge is 0.366 e. The maximum absolute atomic E-state index is 12.9. The molecule has 0 saturated carbocycles. The molecule has 0 spiro atoms. The molecular weight excluding hydrogens is 368 g/mol. The Morgan fingerprint density at radius 2 is 2.10 bits per heavy atom. The molecule has 1 aliphatic rings. The van der Waals surface area contributed by atoms with Gasteiger partial charge in [0.2, 0.25) is 0 Å². The van der Waals surface area contributed by atoms with E-state index < -0.39 is 0 Å². The van der Waals surface area contributed by atoms with Crippen molar-refractivity contribution in [3.05, 3.63) is 40.9 Å². The summed E-state index contributed by atoms with van der Waals surface area (Å²) in [5.41, 5.74) is 2.41. The Labute approximate surface area is 171 Å². The summed E-state index contributed by atoms with van der Waals surface area (Å²) in [6, 6.07) is 3.58. The van der Waals surface area contributed by atoms with Crippen LogP contribution in [0.2, 0.25) is 0 Å².